The largest absolute Gasteiger partial charge is 0.480 e. The van der Waals surface area contributed by atoms with Crippen LogP contribution in [-0.4, -0.2) is 56.3 Å². The number of imidazole rings is 1. The number of hydrogen-bond donors (Lipinski definition) is 2. The van der Waals surface area contributed by atoms with Gasteiger partial charge < -0.3 is 19.7 Å². The van der Waals surface area contributed by atoms with Gasteiger partial charge in [-0.3, -0.25) is 9.59 Å². The van der Waals surface area contributed by atoms with E-state index in [0.717, 1.165) is 0 Å². The summed E-state index contributed by atoms with van der Waals surface area (Å²) < 4.78 is 1.69. The zero-order valence-corrected chi connectivity index (χ0v) is 12.9. The van der Waals surface area contributed by atoms with E-state index in [1.54, 1.807) is 35.1 Å². The summed E-state index contributed by atoms with van der Waals surface area (Å²) in [6.07, 6.45) is 4.91. The van der Waals surface area contributed by atoms with Gasteiger partial charge in [0.25, 0.3) is 5.91 Å². The molecule has 2 aromatic rings. The molecule has 0 fully saturated rings. The van der Waals surface area contributed by atoms with Crippen molar-refractivity contribution < 1.29 is 19.5 Å². The van der Waals surface area contributed by atoms with Crippen LogP contribution in [0.2, 0.25) is 0 Å². The van der Waals surface area contributed by atoms with Gasteiger partial charge in [0.2, 0.25) is 5.91 Å². The van der Waals surface area contributed by atoms with Crippen LogP contribution in [0.1, 0.15) is 24.2 Å². The van der Waals surface area contributed by atoms with Gasteiger partial charge in [-0.1, -0.05) is 0 Å². The number of pyridine rings is 1. The minimum Gasteiger partial charge on any atom is -0.480 e. The van der Waals surface area contributed by atoms with E-state index in [1.165, 1.54) is 18.7 Å². The average Bonchev–Trinajstić information content (AvgIpc) is 2.97. The van der Waals surface area contributed by atoms with Crippen molar-refractivity contribution in [2.24, 2.45) is 0 Å². The van der Waals surface area contributed by atoms with Gasteiger partial charge in [0.05, 0.1) is 5.56 Å². The molecule has 1 atom stereocenters. The van der Waals surface area contributed by atoms with Gasteiger partial charge in [-0.2, -0.15) is 0 Å². The molecule has 23 heavy (non-hydrogen) atoms. The van der Waals surface area contributed by atoms with Gasteiger partial charge in [-0.05, 0) is 19.1 Å². The van der Waals surface area contributed by atoms with Crippen LogP contribution in [0.3, 0.4) is 0 Å². The summed E-state index contributed by atoms with van der Waals surface area (Å²) in [6.45, 7) is 3.09. The molecule has 2 aromatic heterocycles. The molecule has 8 nitrogen and oxygen atoms in total. The summed E-state index contributed by atoms with van der Waals surface area (Å²) in [7, 11) is 0. The van der Waals surface area contributed by atoms with Crippen molar-refractivity contribution in [2.45, 2.75) is 19.9 Å². The van der Waals surface area contributed by atoms with Crippen LogP contribution < -0.4 is 5.32 Å². The van der Waals surface area contributed by atoms with E-state index in [2.05, 4.69) is 10.3 Å². The summed E-state index contributed by atoms with van der Waals surface area (Å²) in [5.41, 5.74) is 1.05. The van der Waals surface area contributed by atoms with Crippen molar-refractivity contribution in [2.75, 3.05) is 13.1 Å². The van der Waals surface area contributed by atoms with Crippen molar-refractivity contribution >= 4 is 23.4 Å². The molecule has 0 radical (unpaired) electrons. The lowest BCUT2D eigenvalue weighted by atomic mass is 10.2. The number of amides is 2. The smallest absolute Gasteiger partial charge is 0.326 e. The molecule has 2 heterocycles. The highest BCUT2D eigenvalue weighted by Crippen LogP contribution is 2.11. The zero-order chi connectivity index (χ0) is 17.0. The zero-order valence-electron chi connectivity index (χ0n) is 12.9. The molecule has 2 rings (SSSR count). The number of carbonyl (C=O) groups is 3. The fourth-order valence-electron chi connectivity index (χ4n) is 2.17. The van der Waals surface area contributed by atoms with Crippen LogP contribution in [-0.2, 0) is 9.59 Å². The van der Waals surface area contributed by atoms with Crippen LogP contribution in [0.4, 0.5) is 0 Å². The SMILES string of the molecule is CC(=O)NCCN(C(=O)c1ccc2nccn2c1)C(C)C(=O)O. The predicted molar refractivity (Wildman–Crippen MR) is 82.0 cm³/mol. The Morgan fingerprint density at radius 1 is 1.39 bits per heavy atom. The lowest BCUT2D eigenvalue weighted by Crippen LogP contribution is -2.46. The summed E-state index contributed by atoms with van der Waals surface area (Å²) in [5.74, 6) is -1.76. The third-order valence-electron chi connectivity index (χ3n) is 3.45. The van der Waals surface area contributed by atoms with Crippen molar-refractivity contribution in [3.63, 3.8) is 0 Å². The van der Waals surface area contributed by atoms with E-state index in [1.807, 2.05) is 0 Å². The van der Waals surface area contributed by atoms with E-state index in [0.29, 0.717) is 11.2 Å². The normalized spacial score (nSPS) is 11.9. The fourth-order valence-corrected chi connectivity index (χ4v) is 2.17. The van der Waals surface area contributed by atoms with Crippen molar-refractivity contribution in [3.05, 3.63) is 36.3 Å². The van der Waals surface area contributed by atoms with Gasteiger partial charge in [0, 0.05) is 38.6 Å². The molecule has 0 aliphatic carbocycles. The Hall–Kier alpha value is -2.90. The van der Waals surface area contributed by atoms with Crippen molar-refractivity contribution in [3.8, 4) is 0 Å². The minimum absolute atomic E-state index is 0.105. The molecule has 0 aromatic carbocycles. The van der Waals surface area contributed by atoms with Crippen LogP contribution in [0.25, 0.3) is 5.65 Å². The van der Waals surface area contributed by atoms with Gasteiger partial charge >= 0.3 is 5.97 Å². The Morgan fingerprint density at radius 3 is 2.78 bits per heavy atom. The molecule has 0 bridgehead atoms. The van der Waals surface area contributed by atoms with Crippen LogP contribution >= 0.6 is 0 Å². The monoisotopic (exact) mass is 318 g/mol. The first-order chi connectivity index (χ1) is 10.9. The van der Waals surface area contributed by atoms with Crippen LogP contribution in [0, 0.1) is 0 Å². The third-order valence-corrected chi connectivity index (χ3v) is 3.45. The number of carboxylic acids is 1. The maximum absolute atomic E-state index is 12.6. The molecule has 2 amide bonds. The Bertz CT molecular complexity index is 740. The maximum Gasteiger partial charge on any atom is 0.326 e. The van der Waals surface area contributed by atoms with Gasteiger partial charge in [0.15, 0.2) is 0 Å². The van der Waals surface area contributed by atoms with Crippen LogP contribution in [0.5, 0.6) is 0 Å². The lowest BCUT2D eigenvalue weighted by molar-refractivity contribution is -0.141. The number of aliphatic carboxylic acids is 1. The second kappa shape index (κ2) is 6.91. The number of fused-ring (bicyclic) bond motifs is 1. The highest BCUT2D eigenvalue weighted by atomic mass is 16.4. The van der Waals surface area contributed by atoms with Crippen molar-refractivity contribution in [1.82, 2.24) is 19.6 Å². The third kappa shape index (κ3) is 3.85. The van der Waals surface area contributed by atoms with E-state index >= 15 is 0 Å². The molecule has 0 aliphatic rings. The van der Waals surface area contributed by atoms with Gasteiger partial charge in [0.1, 0.15) is 11.7 Å². The lowest BCUT2D eigenvalue weighted by Gasteiger charge is -2.26. The Kier molecular flexibility index (Phi) is 4.95. The van der Waals surface area contributed by atoms with Crippen molar-refractivity contribution in [1.29, 1.82) is 0 Å². The molecule has 122 valence electrons. The first-order valence-electron chi connectivity index (χ1n) is 7.11. The fraction of sp³-hybridized carbons (Fsp3) is 0.333. The highest BCUT2D eigenvalue weighted by Gasteiger charge is 2.26. The minimum atomic E-state index is -1.11. The van der Waals surface area contributed by atoms with Crippen LogP contribution in [0.15, 0.2) is 30.7 Å². The number of nitrogens with one attached hydrogen (secondary N) is 1. The highest BCUT2D eigenvalue weighted by molar-refractivity contribution is 5.96. The standard InChI is InChI=1S/C15H18N4O4/c1-10(15(22)23)19(8-6-16-11(2)20)14(21)12-3-4-13-17-5-7-18(13)9-12/h3-5,7,9-10H,6,8H2,1-2H3,(H,16,20)(H,22,23). The number of carbonyl (C=O) groups excluding carboxylic acids is 2. The van der Waals surface area contributed by atoms with E-state index < -0.39 is 17.9 Å². The first kappa shape index (κ1) is 16.5. The summed E-state index contributed by atoms with van der Waals surface area (Å²) >= 11 is 0. The summed E-state index contributed by atoms with van der Waals surface area (Å²) in [4.78, 5) is 40.2. The summed E-state index contributed by atoms with van der Waals surface area (Å²) in [6, 6.07) is 2.28. The number of hydrogen-bond acceptors (Lipinski definition) is 4. The number of nitrogens with zero attached hydrogens (tertiary/aromatic N) is 3. The molecular weight excluding hydrogens is 300 g/mol. The van der Waals surface area contributed by atoms with Gasteiger partial charge in [-0.15, -0.1) is 0 Å². The number of aromatic nitrogens is 2. The average molecular weight is 318 g/mol. The van der Waals surface area contributed by atoms with E-state index in [4.69, 9.17) is 0 Å². The molecular formula is C15H18N4O4. The first-order valence-corrected chi connectivity index (χ1v) is 7.11. The molecule has 0 saturated heterocycles. The molecule has 0 spiro atoms. The molecule has 8 heteroatoms. The molecule has 2 N–H and O–H groups in total. The Balaban J connectivity index is 2.23. The maximum atomic E-state index is 12.6. The Labute approximate surface area is 132 Å². The predicted octanol–water partition coefficient (Wildman–Crippen LogP) is 0.386. The quantitative estimate of drug-likeness (QED) is 0.801. The number of carboxylic acid groups (broad SMARTS) is 1. The summed E-state index contributed by atoms with van der Waals surface area (Å²) in [5, 5.41) is 11.8. The van der Waals surface area contributed by atoms with E-state index in [9.17, 15) is 19.5 Å². The molecule has 1 unspecified atom stereocenters. The molecule has 0 aliphatic heterocycles. The number of rotatable bonds is 6. The van der Waals surface area contributed by atoms with E-state index in [-0.39, 0.29) is 19.0 Å². The van der Waals surface area contributed by atoms with Gasteiger partial charge in [-0.25, -0.2) is 9.78 Å². The topological polar surface area (TPSA) is 104 Å². The Morgan fingerprint density at radius 2 is 2.13 bits per heavy atom. The second-order valence-corrected chi connectivity index (χ2v) is 5.11. The molecule has 0 saturated carbocycles. The second-order valence-electron chi connectivity index (χ2n) is 5.11.